The van der Waals surface area contributed by atoms with Gasteiger partial charge in [-0.3, -0.25) is 0 Å². The van der Waals surface area contributed by atoms with Crippen molar-refractivity contribution < 1.29 is 14.6 Å². The highest BCUT2D eigenvalue weighted by Gasteiger charge is 2.29. The van der Waals surface area contributed by atoms with Crippen LogP contribution in [0.25, 0.3) is 0 Å². The van der Waals surface area contributed by atoms with Gasteiger partial charge in [0.05, 0.1) is 12.2 Å². The van der Waals surface area contributed by atoms with Crippen molar-refractivity contribution in [2.24, 2.45) is 5.92 Å². The van der Waals surface area contributed by atoms with Crippen LogP contribution in [0.3, 0.4) is 0 Å². The quantitative estimate of drug-likeness (QED) is 0.701. The highest BCUT2D eigenvalue weighted by atomic mass is 16.5. The molecule has 0 radical (unpaired) electrons. The summed E-state index contributed by atoms with van der Waals surface area (Å²) in [7, 11) is 0. The van der Waals surface area contributed by atoms with Crippen LogP contribution in [-0.4, -0.2) is 50.2 Å². The molecule has 2 saturated heterocycles. The standard InChI is InChI=1S/C11H21NO3/c13-11(2-5-14-6-3-11)9-12-7-10-1-4-15-8-10/h10,12-13H,1-9H2. The highest BCUT2D eigenvalue weighted by molar-refractivity contribution is 4.84. The van der Waals surface area contributed by atoms with Gasteiger partial charge >= 0.3 is 0 Å². The summed E-state index contributed by atoms with van der Waals surface area (Å²) in [6, 6.07) is 0. The third-order valence-corrected chi connectivity index (χ3v) is 3.33. The number of hydrogen-bond donors (Lipinski definition) is 2. The summed E-state index contributed by atoms with van der Waals surface area (Å²) >= 11 is 0. The van der Waals surface area contributed by atoms with Crippen molar-refractivity contribution in [1.82, 2.24) is 5.32 Å². The van der Waals surface area contributed by atoms with Crippen molar-refractivity contribution in [1.29, 1.82) is 0 Å². The molecule has 0 aromatic carbocycles. The van der Waals surface area contributed by atoms with Gasteiger partial charge in [-0.05, 0) is 12.3 Å². The summed E-state index contributed by atoms with van der Waals surface area (Å²) in [4.78, 5) is 0. The van der Waals surface area contributed by atoms with Gasteiger partial charge in [0, 0.05) is 45.8 Å². The lowest BCUT2D eigenvalue weighted by atomic mass is 9.94. The average Bonchev–Trinajstić information content (AvgIpc) is 2.71. The second-order valence-corrected chi connectivity index (χ2v) is 4.70. The molecule has 88 valence electrons. The monoisotopic (exact) mass is 215 g/mol. The Morgan fingerprint density at radius 2 is 2.00 bits per heavy atom. The lowest BCUT2D eigenvalue weighted by Crippen LogP contribution is -2.46. The maximum absolute atomic E-state index is 10.2. The zero-order chi connectivity index (χ0) is 10.6. The molecule has 2 N–H and O–H groups in total. The molecule has 2 aliphatic rings. The minimum Gasteiger partial charge on any atom is -0.388 e. The van der Waals surface area contributed by atoms with Crippen molar-refractivity contribution in [3.05, 3.63) is 0 Å². The normalized spacial score (nSPS) is 30.6. The van der Waals surface area contributed by atoms with Crippen molar-refractivity contribution >= 4 is 0 Å². The molecule has 2 rings (SSSR count). The van der Waals surface area contributed by atoms with Crippen LogP contribution >= 0.6 is 0 Å². The van der Waals surface area contributed by atoms with E-state index < -0.39 is 5.60 Å². The van der Waals surface area contributed by atoms with E-state index in [-0.39, 0.29) is 0 Å². The molecule has 0 aliphatic carbocycles. The summed E-state index contributed by atoms with van der Waals surface area (Å²) in [5.74, 6) is 0.633. The predicted octanol–water partition coefficient (Wildman–Crippen LogP) is 0.154. The number of aliphatic hydroxyl groups is 1. The fraction of sp³-hybridized carbons (Fsp3) is 1.00. The minimum absolute atomic E-state index is 0.544. The largest absolute Gasteiger partial charge is 0.388 e. The fourth-order valence-corrected chi connectivity index (χ4v) is 2.18. The average molecular weight is 215 g/mol. The van der Waals surface area contributed by atoms with Crippen LogP contribution in [0.4, 0.5) is 0 Å². The van der Waals surface area contributed by atoms with E-state index in [1.54, 1.807) is 0 Å². The van der Waals surface area contributed by atoms with Crippen LogP contribution < -0.4 is 5.32 Å². The number of hydrogen-bond acceptors (Lipinski definition) is 4. The summed E-state index contributed by atoms with van der Waals surface area (Å²) in [5.41, 5.74) is -0.544. The topological polar surface area (TPSA) is 50.7 Å². The van der Waals surface area contributed by atoms with Gasteiger partial charge in [-0.25, -0.2) is 0 Å². The number of nitrogens with one attached hydrogen (secondary N) is 1. The van der Waals surface area contributed by atoms with Crippen LogP contribution in [0, 0.1) is 5.92 Å². The van der Waals surface area contributed by atoms with Gasteiger partial charge in [0.15, 0.2) is 0 Å². The SMILES string of the molecule is OC1(CNCC2CCOC2)CCOCC1. The molecule has 15 heavy (non-hydrogen) atoms. The Morgan fingerprint density at radius 1 is 1.20 bits per heavy atom. The molecule has 2 aliphatic heterocycles. The Hall–Kier alpha value is -0.160. The molecule has 2 heterocycles. The third-order valence-electron chi connectivity index (χ3n) is 3.33. The van der Waals surface area contributed by atoms with E-state index in [2.05, 4.69) is 5.32 Å². The Morgan fingerprint density at radius 3 is 2.67 bits per heavy atom. The van der Waals surface area contributed by atoms with Gasteiger partial charge in [0.2, 0.25) is 0 Å². The molecule has 1 unspecified atom stereocenters. The Balaban J connectivity index is 1.63. The van der Waals surface area contributed by atoms with Gasteiger partial charge < -0.3 is 19.9 Å². The first kappa shape index (κ1) is 11.3. The maximum atomic E-state index is 10.2. The van der Waals surface area contributed by atoms with E-state index >= 15 is 0 Å². The van der Waals surface area contributed by atoms with Crippen molar-refractivity contribution in [3.63, 3.8) is 0 Å². The molecular weight excluding hydrogens is 194 g/mol. The van der Waals surface area contributed by atoms with E-state index in [4.69, 9.17) is 9.47 Å². The molecule has 0 saturated carbocycles. The smallest absolute Gasteiger partial charge is 0.0815 e. The number of rotatable bonds is 4. The highest BCUT2D eigenvalue weighted by Crippen LogP contribution is 2.19. The molecule has 0 bridgehead atoms. The van der Waals surface area contributed by atoms with E-state index in [9.17, 15) is 5.11 Å². The Bertz CT molecular complexity index is 186. The summed E-state index contributed by atoms with van der Waals surface area (Å²) < 4.78 is 10.5. The van der Waals surface area contributed by atoms with Crippen LogP contribution in [-0.2, 0) is 9.47 Å². The molecule has 0 aromatic rings. The van der Waals surface area contributed by atoms with Gasteiger partial charge in [0.1, 0.15) is 0 Å². The molecule has 4 nitrogen and oxygen atoms in total. The molecule has 2 fully saturated rings. The summed E-state index contributed by atoms with van der Waals surface area (Å²) in [5, 5.41) is 13.5. The van der Waals surface area contributed by atoms with Gasteiger partial charge in [0.25, 0.3) is 0 Å². The first-order valence-corrected chi connectivity index (χ1v) is 5.87. The molecule has 0 spiro atoms. The zero-order valence-electron chi connectivity index (χ0n) is 9.21. The Labute approximate surface area is 90.9 Å². The lowest BCUT2D eigenvalue weighted by Gasteiger charge is -2.32. The van der Waals surface area contributed by atoms with Crippen LogP contribution in [0.1, 0.15) is 19.3 Å². The second-order valence-electron chi connectivity index (χ2n) is 4.70. The van der Waals surface area contributed by atoms with Crippen LogP contribution in [0.5, 0.6) is 0 Å². The number of ether oxygens (including phenoxy) is 2. The van der Waals surface area contributed by atoms with E-state index in [1.165, 1.54) is 0 Å². The zero-order valence-corrected chi connectivity index (χ0v) is 9.21. The molecule has 0 amide bonds. The first-order valence-electron chi connectivity index (χ1n) is 5.87. The second kappa shape index (κ2) is 5.25. The van der Waals surface area contributed by atoms with Crippen molar-refractivity contribution in [2.45, 2.75) is 24.9 Å². The molecule has 4 heteroatoms. The first-order chi connectivity index (χ1) is 7.29. The van der Waals surface area contributed by atoms with Crippen LogP contribution in [0.15, 0.2) is 0 Å². The molecule has 0 aromatic heterocycles. The third kappa shape index (κ3) is 3.41. The van der Waals surface area contributed by atoms with Crippen LogP contribution in [0.2, 0.25) is 0 Å². The Kier molecular flexibility index (Phi) is 3.97. The van der Waals surface area contributed by atoms with E-state index in [0.29, 0.717) is 25.7 Å². The maximum Gasteiger partial charge on any atom is 0.0815 e. The molecule has 1 atom stereocenters. The fourth-order valence-electron chi connectivity index (χ4n) is 2.18. The van der Waals surface area contributed by atoms with Gasteiger partial charge in [-0.2, -0.15) is 0 Å². The van der Waals surface area contributed by atoms with E-state index in [1.807, 2.05) is 0 Å². The van der Waals surface area contributed by atoms with Crippen molar-refractivity contribution in [2.75, 3.05) is 39.5 Å². The molecular formula is C11H21NO3. The van der Waals surface area contributed by atoms with Crippen molar-refractivity contribution in [3.8, 4) is 0 Å². The lowest BCUT2D eigenvalue weighted by molar-refractivity contribution is -0.0618. The van der Waals surface area contributed by atoms with E-state index in [0.717, 1.165) is 39.0 Å². The van der Waals surface area contributed by atoms with Gasteiger partial charge in [-0.15, -0.1) is 0 Å². The van der Waals surface area contributed by atoms with Gasteiger partial charge in [-0.1, -0.05) is 0 Å². The predicted molar refractivity (Wildman–Crippen MR) is 56.8 cm³/mol. The summed E-state index contributed by atoms with van der Waals surface area (Å²) in [6.45, 7) is 4.78. The summed E-state index contributed by atoms with van der Waals surface area (Å²) in [6.07, 6.45) is 2.65. The minimum atomic E-state index is -0.544.